The Hall–Kier alpha value is -2.08. The molecule has 1 aromatic rings. The number of carbonyl (C=O) groups is 2. The van der Waals surface area contributed by atoms with E-state index in [9.17, 15) is 9.59 Å². The third-order valence-corrected chi connectivity index (χ3v) is 2.94. The Labute approximate surface area is 104 Å². The first-order valence-corrected chi connectivity index (χ1v) is 5.59. The van der Waals surface area contributed by atoms with Crippen LogP contribution >= 0.6 is 0 Å². The minimum atomic E-state index is -0.891. The Balaban J connectivity index is 2.22. The zero-order valence-corrected chi connectivity index (χ0v) is 10.00. The number of hydrogen-bond donors (Lipinski definition) is 2. The molecular formula is C12H15N3O3. The van der Waals surface area contributed by atoms with Gasteiger partial charge in [0.2, 0.25) is 5.91 Å². The molecule has 2 amide bonds. The van der Waals surface area contributed by atoms with Gasteiger partial charge in [-0.2, -0.15) is 0 Å². The van der Waals surface area contributed by atoms with Crippen molar-refractivity contribution >= 4 is 17.5 Å². The highest BCUT2D eigenvalue weighted by molar-refractivity contribution is 5.99. The molecule has 0 saturated carbocycles. The van der Waals surface area contributed by atoms with Crippen LogP contribution in [0.15, 0.2) is 24.3 Å². The molecule has 2 atom stereocenters. The quantitative estimate of drug-likeness (QED) is 0.762. The van der Waals surface area contributed by atoms with Gasteiger partial charge >= 0.3 is 0 Å². The molecular weight excluding hydrogens is 234 g/mol. The number of para-hydroxylation sites is 2. The predicted octanol–water partition coefficient (Wildman–Crippen LogP) is -0.387. The van der Waals surface area contributed by atoms with Gasteiger partial charge in [0.25, 0.3) is 5.91 Å². The maximum Gasteiger partial charge on any atom is 0.267 e. The summed E-state index contributed by atoms with van der Waals surface area (Å²) in [7, 11) is 1.66. The summed E-state index contributed by atoms with van der Waals surface area (Å²) in [6.07, 6.45) is -0.695. The van der Waals surface area contributed by atoms with Crippen molar-refractivity contribution in [2.45, 2.75) is 18.6 Å². The Bertz CT molecular complexity index is 489. The second-order valence-electron chi connectivity index (χ2n) is 4.22. The molecule has 1 aliphatic heterocycles. The van der Waals surface area contributed by atoms with E-state index in [0.29, 0.717) is 11.4 Å². The number of nitrogens with two attached hydrogens (primary N) is 2. The van der Waals surface area contributed by atoms with Gasteiger partial charge in [-0.15, -0.1) is 0 Å². The fourth-order valence-electron chi connectivity index (χ4n) is 1.87. The summed E-state index contributed by atoms with van der Waals surface area (Å²) in [6, 6.07) is 6.30. The molecule has 0 aromatic heterocycles. The van der Waals surface area contributed by atoms with E-state index >= 15 is 0 Å². The smallest absolute Gasteiger partial charge is 0.267 e. The second kappa shape index (κ2) is 4.66. The van der Waals surface area contributed by atoms with E-state index in [2.05, 4.69) is 0 Å². The van der Waals surface area contributed by atoms with Crippen molar-refractivity contribution in [2.75, 3.05) is 11.9 Å². The van der Waals surface area contributed by atoms with Crippen molar-refractivity contribution in [2.24, 2.45) is 11.5 Å². The summed E-state index contributed by atoms with van der Waals surface area (Å²) in [5, 5.41) is 0. The molecule has 4 N–H and O–H groups in total. The van der Waals surface area contributed by atoms with Gasteiger partial charge in [-0.3, -0.25) is 9.59 Å². The van der Waals surface area contributed by atoms with Crippen LogP contribution in [0.2, 0.25) is 0 Å². The number of anilines is 1. The third-order valence-electron chi connectivity index (χ3n) is 2.94. The number of ether oxygens (including phenoxy) is 1. The van der Waals surface area contributed by atoms with Crippen LogP contribution in [0.1, 0.15) is 6.42 Å². The summed E-state index contributed by atoms with van der Waals surface area (Å²) < 4.78 is 5.56. The lowest BCUT2D eigenvalue weighted by atomic mass is 10.1. The van der Waals surface area contributed by atoms with Crippen LogP contribution in [-0.4, -0.2) is 31.0 Å². The summed E-state index contributed by atoms with van der Waals surface area (Å²) in [6.45, 7) is 0. The molecule has 0 radical (unpaired) electrons. The van der Waals surface area contributed by atoms with Crippen LogP contribution in [0.3, 0.4) is 0 Å². The first kappa shape index (κ1) is 12.4. The number of rotatable bonds is 3. The predicted molar refractivity (Wildman–Crippen MR) is 66.1 cm³/mol. The van der Waals surface area contributed by atoms with E-state index in [1.807, 2.05) is 12.1 Å². The highest BCUT2D eigenvalue weighted by Gasteiger charge is 2.34. The number of benzene rings is 1. The van der Waals surface area contributed by atoms with Crippen molar-refractivity contribution in [3.8, 4) is 5.75 Å². The molecule has 2 rings (SSSR count). The monoisotopic (exact) mass is 249 g/mol. The Morgan fingerprint density at radius 2 is 2.17 bits per heavy atom. The maximum atomic E-state index is 12.0. The first-order valence-electron chi connectivity index (χ1n) is 5.59. The number of amides is 2. The lowest BCUT2D eigenvalue weighted by molar-refractivity contribution is -0.127. The van der Waals surface area contributed by atoms with Crippen molar-refractivity contribution in [1.29, 1.82) is 0 Å². The molecule has 6 heteroatoms. The SMILES string of the molecule is CN1C(=O)[C@H](CC(N)C(N)=O)Oc2ccccc21. The van der Waals surface area contributed by atoms with Gasteiger partial charge < -0.3 is 21.1 Å². The number of carbonyl (C=O) groups excluding carboxylic acids is 2. The van der Waals surface area contributed by atoms with Gasteiger partial charge in [0, 0.05) is 13.5 Å². The van der Waals surface area contributed by atoms with E-state index in [0.717, 1.165) is 0 Å². The second-order valence-corrected chi connectivity index (χ2v) is 4.22. The van der Waals surface area contributed by atoms with E-state index in [1.54, 1.807) is 19.2 Å². The molecule has 96 valence electrons. The molecule has 0 spiro atoms. The molecule has 0 bridgehead atoms. The molecule has 0 saturated heterocycles. The van der Waals surface area contributed by atoms with Crippen LogP contribution in [0.4, 0.5) is 5.69 Å². The first-order chi connectivity index (χ1) is 8.50. The molecule has 1 aromatic carbocycles. The largest absolute Gasteiger partial charge is 0.478 e. The molecule has 0 fully saturated rings. The summed E-state index contributed by atoms with van der Waals surface area (Å²) in [5.41, 5.74) is 11.3. The Kier molecular flexibility index (Phi) is 3.20. The fourth-order valence-corrected chi connectivity index (χ4v) is 1.87. The topological polar surface area (TPSA) is 98.6 Å². The summed E-state index contributed by atoms with van der Waals surface area (Å²) >= 11 is 0. The zero-order chi connectivity index (χ0) is 13.3. The molecule has 1 unspecified atom stereocenters. The number of likely N-dealkylation sites (N-methyl/N-ethyl adjacent to an activating group) is 1. The van der Waals surface area contributed by atoms with Gasteiger partial charge in [0.05, 0.1) is 11.7 Å². The van der Waals surface area contributed by atoms with Crippen molar-refractivity contribution < 1.29 is 14.3 Å². The summed E-state index contributed by atoms with van der Waals surface area (Å²) in [5.74, 6) is -0.278. The average Bonchev–Trinajstić information content (AvgIpc) is 2.35. The van der Waals surface area contributed by atoms with Crippen LogP contribution in [0, 0.1) is 0 Å². The van der Waals surface area contributed by atoms with Crippen LogP contribution in [0.25, 0.3) is 0 Å². The molecule has 0 aliphatic carbocycles. The lowest BCUT2D eigenvalue weighted by Gasteiger charge is -2.32. The van der Waals surface area contributed by atoms with Gasteiger partial charge in [-0.05, 0) is 12.1 Å². The maximum absolute atomic E-state index is 12.0. The zero-order valence-electron chi connectivity index (χ0n) is 10.00. The third kappa shape index (κ3) is 2.14. The van der Waals surface area contributed by atoms with Crippen LogP contribution < -0.4 is 21.1 Å². The number of nitrogens with zero attached hydrogens (tertiary/aromatic N) is 1. The Morgan fingerprint density at radius 1 is 1.50 bits per heavy atom. The van der Waals surface area contributed by atoms with E-state index in [4.69, 9.17) is 16.2 Å². The number of hydrogen-bond acceptors (Lipinski definition) is 4. The molecule has 1 heterocycles. The lowest BCUT2D eigenvalue weighted by Crippen LogP contribution is -2.49. The fraction of sp³-hybridized carbons (Fsp3) is 0.333. The minimum Gasteiger partial charge on any atom is -0.478 e. The number of primary amides is 1. The van der Waals surface area contributed by atoms with Gasteiger partial charge in [-0.25, -0.2) is 0 Å². The van der Waals surface area contributed by atoms with Crippen molar-refractivity contribution in [1.82, 2.24) is 0 Å². The molecule has 1 aliphatic rings. The number of fused-ring (bicyclic) bond motifs is 1. The van der Waals surface area contributed by atoms with Crippen LogP contribution in [-0.2, 0) is 9.59 Å². The normalized spacial score (nSPS) is 20.0. The average molecular weight is 249 g/mol. The van der Waals surface area contributed by atoms with E-state index in [1.165, 1.54) is 4.90 Å². The molecule has 18 heavy (non-hydrogen) atoms. The van der Waals surface area contributed by atoms with Crippen molar-refractivity contribution in [3.63, 3.8) is 0 Å². The van der Waals surface area contributed by atoms with E-state index in [-0.39, 0.29) is 12.3 Å². The summed E-state index contributed by atoms with van der Waals surface area (Å²) in [4.78, 5) is 24.5. The van der Waals surface area contributed by atoms with Crippen LogP contribution in [0.5, 0.6) is 5.75 Å². The van der Waals surface area contributed by atoms with Gasteiger partial charge in [0.1, 0.15) is 5.75 Å². The highest BCUT2D eigenvalue weighted by Crippen LogP contribution is 2.33. The van der Waals surface area contributed by atoms with Gasteiger partial charge in [0.15, 0.2) is 6.10 Å². The standard InChI is InChI=1S/C12H15N3O3/c1-15-8-4-2-3-5-9(8)18-10(12(15)17)6-7(13)11(14)16/h2-5,7,10H,6,13H2,1H3,(H2,14,16)/t7?,10-/m0/s1. The van der Waals surface area contributed by atoms with E-state index < -0.39 is 18.1 Å². The highest BCUT2D eigenvalue weighted by atomic mass is 16.5. The molecule has 6 nitrogen and oxygen atoms in total. The Morgan fingerprint density at radius 3 is 2.83 bits per heavy atom. The minimum absolute atomic E-state index is 0.0762. The van der Waals surface area contributed by atoms with Crippen molar-refractivity contribution in [3.05, 3.63) is 24.3 Å². The van der Waals surface area contributed by atoms with Gasteiger partial charge in [-0.1, -0.05) is 12.1 Å².